The van der Waals surface area contributed by atoms with Crippen LogP contribution in [0.1, 0.15) is 55.2 Å². The third-order valence-electron chi connectivity index (χ3n) is 5.90. The van der Waals surface area contributed by atoms with Crippen molar-refractivity contribution < 1.29 is 0 Å². The fourth-order valence-electron chi connectivity index (χ4n) is 4.48. The van der Waals surface area contributed by atoms with Crippen LogP contribution in [-0.2, 0) is 7.05 Å². The van der Waals surface area contributed by atoms with Crippen molar-refractivity contribution >= 4 is 10.9 Å². The second kappa shape index (κ2) is 7.01. The summed E-state index contributed by atoms with van der Waals surface area (Å²) in [5.74, 6) is 1.04. The molecule has 1 fully saturated rings. The van der Waals surface area contributed by atoms with Gasteiger partial charge in [-0.1, -0.05) is 19.9 Å². The van der Waals surface area contributed by atoms with E-state index in [-0.39, 0.29) is 5.56 Å². The predicted octanol–water partition coefficient (Wildman–Crippen LogP) is 4.43. The highest BCUT2D eigenvalue weighted by Gasteiger charge is 2.20. The van der Waals surface area contributed by atoms with E-state index >= 15 is 0 Å². The van der Waals surface area contributed by atoms with Crippen molar-refractivity contribution in [2.45, 2.75) is 45.4 Å². The molecule has 0 bridgehead atoms. The quantitative estimate of drug-likeness (QED) is 0.723. The molecule has 3 aromatic rings. The third-order valence-corrected chi connectivity index (χ3v) is 5.90. The summed E-state index contributed by atoms with van der Waals surface area (Å²) in [6, 6.07) is 8.92. The summed E-state index contributed by atoms with van der Waals surface area (Å²) in [5.41, 5.74) is 7.04. The van der Waals surface area contributed by atoms with Gasteiger partial charge in [0.25, 0.3) is 5.56 Å². The molecule has 4 rings (SSSR count). The first-order valence-electron chi connectivity index (χ1n) is 9.99. The topological polar surface area (TPSA) is 49.8 Å². The van der Waals surface area contributed by atoms with E-state index in [1.54, 1.807) is 4.57 Å². The second-order valence-electron chi connectivity index (χ2n) is 8.23. The number of benzene rings is 1. The first kappa shape index (κ1) is 18.1. The number of nitrogens with one attached hydrogen (secondary N) is 2. The van der Waals surface area contributed by atoms with Crippen molar-refractivity contribution in [1.29, 1.82) is 0 Å². The van der Waals surface area contributed by atoms with E-state index in [0.717, 1.165) is 29.9 Å². The fraction of sp³-hybridized carbons (Fsp3) is 0.435. The summed E-state index contributed by atoms with van der Waals surface area (Å²) >= 11 is 0. The van der Waals surface area contributed by atoms with E-state index in [9.17, 15) is 4.79 Å². The fourth-order valence-corrected chi connectivity index (χ4v) is 4.48. The number of H-pyrrole nitrogens is 1. The Kier molecular flexibility index (Phi) is 4.68. The van der Waals surface area contributed by atoms with Gasteiger partial charge in [-0.05, 0) is 74.0 Å². The summed E-state index contributed by atoms with van der Waals surface area (Å²) in [6.07, 6.45) is 4.36. The molecular formula is C23H29N3O. The van der Waals surface area contributed by atoms with Crippen molar-refractivity contribution in [1.82, 2.24) is 14.9 Å². The van der Waals surface area contributed by atoms with Crippen molar-refractivity contribution in [2.24, 2.45) is 7.05 Å². The highest BCUT2D eigenvalue weighted by Crippen LogP contribution is 2.37. The maximum absolute atomic E-state index is 12.1. The van der Waals surface area contributed by atoms with Gasteiger partial charge in [-0.15, -0.1) is 0 Å². The molecule has 3 heterocycles. The highest BCUT2D eigenvalue weighted by molar-refractivity contribution is 5.92. The number of fused-ring (bicyclic) bond motifs is 1. The van der Waals surface area contributed by atoms with Gasteiger partial charge in [0.2, 0.25) is 0 Å². The van der Waals surface area contributed by atoms with Crippen LogP contribution < -0.4 is 10.9 Å². The van der Waals surface area contributed by atoms with Gasteiger partial charge >= 0.3 is 0 Å². The first-order valence-corrected chi connectivity index (χ1v) is 9.99. The summed E-state index contributed by atoms with van der Waals surface area (Å²) in [4.78, 5) is 15.7. The first-order chi connectivity index (χ1) is 13.0. The zero-order valence-electron chi connectivity index (χ0n) is 16.7. The minimum Gasteiger partial charge on any atom is -0.354 e. The van der Waals surface area contributed by atoms with Crippen LogP contribution in [-0.4, -0.2) is 22.6 Å². The number of aryl methyl sites for hydroxylation is 2. The third kappa shape index (κ3) is 3.23. The normalized spacial score (nSPS) is 15.7. The van der Waals surface area contributed by atoms with Crippen LogP contribution in [0.5, 0.6) is 0 Å². The molecule has 1 aliphatic heterocycles. The maximum atomic E-state index is 12.1. The lowest BCUT2D eigenvalue weighted by Crippen LogP contribution is -2.26. The summed E-state index contributed by atoms with van der Waals surface area (Å²) < 4.78 is 1.68. The Morgan fingerprint density at radius 2 is 1.89 bits per heavy atom. The highest BCUT2D eigenvalue weighted by atomic mass is 16.1. The van der Waals surface area contributed by atoms with E-state index in [0.29, 0.717) is 11.8 Å². The Balaban J connectivity index is 1.88. The lowest BCUT2D eigenvalue weighted by molar-refractivity contribution is 0.460. The van der Waals surface area contributed by atoms with E-state index in [4.69, 9.17) is 0 Å². The van der Waals surface area contributed by atoms with Crippen LogP contribution in [0.3, 0.4) is 0 Å². The molecule has 2 N–H and O–H groups in total. The largest absolute Gasteiger partial charge is 0.354 e. The lowest BCUT2D eigenvalue weighted by atomic mass is 9.88. The molecule has 4 heteroatoms. The van der Waals surface area contributed by atoms with Gasteiger partial charge in [0.15, 0.2) is 0 Å². The van der Waals surface area contributed by atoms with E-state index in [1.807, 2.05) is 26.2 Å². The molecule has 0 atom stereocenters. The Bertz CT molecular complexity index is 1010. The van der Waals surface area contributed by atoms with Gasteiger partial charge in [-0.3, -0.25) is 4.79 Å². The average molecular weight is 364 g/mol. The van der Waals surface area contributed by atoms with Crippen LogP contribution in [0.4, 0.5) is 0 Å². The van der Waals surface area contributed by atoms with Crippen molar-refractivity contribution in [3.63, 3.8) is 0 Å². The summed E-state index contributed by atoms with van der Waals surface area (Å²) in [6.45, 7) is 8.60. The minimum absolute atomic E-state index is 0.0640. The van der Waals surface area contributed by atoms with Gasteiger partial charge in [0.05, 0.1) is 5.69 Å². The molecule has 0 spiro atoms. The van der Waals surface area contributed by atoms with E-state index < -0.39 is 0 Å². The molecular weight excluding hydrogens is 334 g/mol. The molecule has 1 aliphatic rings. The zero-order valence-corrected chi connectivity index (χ0v) is 16.7. The van der Waals surface area contributed by atoms with Crippen molar-refractivity contribution in [3.8, 4) is 11.3 Å². The molecule has 0 radical (unpaired) electrons. The maximum Gasteiger partial charge on any atom is 0.253 e. The number of aromatic amines is 1. The Hall–Kier alpha value is -2.33. The lowest BCUT2D eigenvalue weighted by Gasteiger charge is -2.23. The molecule has 2 aromatic heterocycles. The SMILES string of the molecule is Cc1cc(-c2[nH]c3ccc(C4CCNCC4)cc3c2C(C)C)cn(C)c1=O. The van der Waals surface area contributed by atoms with Gasteiger partial charge in [-0.2, -0.15) is 0 Å². The molecule has 142 valence electrons. The molecule has 0 saturated carbocycles. The molecule has 1 saturated heterocycles. The van der Waals surface area contributed by atoms with Crippen molar-refractivity contribution in [2.75, 3.05) is 13.1 Å². The van der Waals surface area contributed by atoms with Gasteiger partial charge < -0.3 is 14.9 Å². The standard InChI is InChI=1S/C23H29N3O/c1-14(2)21-19-12-17(16-7-9-24-10-8-16)5-6-20(19)25-22(21)18-11-15(3)23(27)26(4)13-18/h5-6,11-14,16,24-25H,7-10H2,1-4H3. The number of piperidine rings is 1. The molecule has 0 amide bonds. The predicted molar refractivity (Wildman–Crippen MR) is 113 cm³/mol. The number of hydrogen-bond acceptors (Lipinski definition) is 2. The zero-order chi connectivity index (χ0) is 19.1. The number of rotatable bonds is 3. The monoisotopic (exact) mass is 363 g/mol. The smallest absolute Gasteiger partial charge is 0.253 e. The minimum atomic E-state index is 0.0640. The average Bonchev–Trinajstić information content (AvgIpc) is 3.05. The van der Waals surface area contributed by atoms with E-state index in [1.165, 1.54) is 34.9 Å². The van der Waals surface area contributed by atoms with Crippen LogP contribution in [0.25, 0.3) is 22.2 Å². The van der Waals surface area contributed by atoms with E-state index in [2.05, 4.69) is 42.3 Å². The van der Waals surface area contributed by atoms with Crippen LogP contribution >= 0.6 is 0 Å². The number of nitrogens with zero attached hydrogens (tertiary/aromatic N) is 1. The summed E-state index contributed by atoms with van der Waals surface area (Å²) in [5, 5.41) is 4.78. The van der Waals surface area contributed by atoms with Gasteiger partial charge in [-0.25, -0.2) is 0 Å². The molecule has 27 heavy (non-hydrogen) atoms. The van der Waals surface area contributed by atoms with Gasteiger partial charge in [0, 0.05) is 35.3 Å². The van der Waals surface area contributed by atoms with Gasteiger partial charge in [0.1, 0.15) is 0 Å². The number of aromatic nitrogens is 2. The number of hydrogen-bond donors (Lipinski definition) is 2. The molecule has 0 unspecified atom stereocenters. The second-order valence-corrected chi connectivity index (χ2v) is 8.23. The Labute approximate surface area is 160 Å². The van der Waals surface area contributed by atoms with Crippen LogP contribution in [0, 0.1) is 6.92 Å². The molecule has 1 aromatic carbocycles. The molecule has 0 aliphatic carbocycles. The Morgan fingerprint density at radius 1 is 1.15 bits per heavy atom. The van der Waals surface area contributed by atoms with Crippen molar-refractivity contribution in [3.05, 3.63) is 57.5 Å². The molecule has 4 nitrogen and oxygen atoms in total. The van der Waals surface area contributed by atoms with Crippen LogP contribution in [0.2, 0.25) is 0 Å². The van der Waals surface area contributed by atoms with Crippen LogP contribution in [0.15, 0.2) is 35.3 Å². The summed E-state index contributed by atoms with van der Waals surface area (Å²) in [7, 11) is 1.83. The Morgan fingerprint density at radius 3 is 2.56 bits per heavy atom. The number of pyridine rings is 1.